The highest BCUT2D eigenvalue weighted by atomic mass is 35.5. The standard InChI is InChI=1S/C13H8ClN3O2S/c14-8-4-2-1-3-7(8)9-11(18)16-10(17-12(9)19)13-15-5-6-20-13/h1-6H,(H2,16,17,18,19). The van der Waals surface area contributed by atoms with E-state index in [1.54, 1.807) is 35.8 Å². The van der Waals surface area contributed by atoms with Crippen molar-refractivity contribution in [2.75, 3.05) is 0 Å². The third-order valence-electron chi connectivity index (χ3n) is 2.68. The molecule has 1 aromatic carbocycles. The predicted molar refractivity (Wildman–Crippen MR) is 78.1 cm³/mol. The van der Waals surface area contributed by atoms with Crippen LogP contribution in [0.15, 0.2) is 40.6 Å². The predicted octanol–water partition coefficient (Wildman–Crippen LogP) is 2.92. The Balaban J connectivity index is 2.20. The van der Waals surface area contributed by atoms with Gasteiger partial charge in [0, 0.05) is 22.2 Å². The number of rotatable bonds is 2. The quantitative estimate of drug-likeness (QED) is 0.763. The first-order valence-corrected chi connectivity index (χ1v) is 6.90. The molecule has 0 unspecified atom stereocenters. The molecule has 100 valence electrons. The van der Waals surface area contributed by atoms with E-state index in [1.165, 1.54) is 11.3 Å². The molecule has 0 saturated carbocycles. The van der Waals surface area contributed by atoms with Crippen molar-refractivity contribution in [1.82, 2.24) is 15.0 Å². The summed E-state index contributed by atoms with van der Waals surface area (Å²) >= 11 is 7.36. The minimum absolute atomic E-state index is 0.0518. The first-order valence-electron chi connectivity index (χ1n) is 5.65. The Morgan fingerprint density at radius 1 is 1.30 bits per heavy atom. The van der Waals surface area contributed by atoms with Crippen LogP contribution in [0.4, 0.5) is 0 Å². The zero-order valence-electron chi connectivity index (χ0n) is 10.0. The average molecular weight is 306 g/mol. The van der Waals surface area contributed by atoms with Gasteiger partial charge in [-0.2, -0.15) is 4.98 Å². The molecule has 3 aromatic rings. The monoisotopic (exact) mass is 305 g/mol. The van der Waals surface area contributed by atoms with Crippen molar-refractivity contribution in [2.24, 2.45) is 0 Å². The van der Waals surface area contributed by atoms with Crippen LogP contribution in [-0.2, 0) is 0 Å². The van der Waals surface area contributed by atoms with Crippen LogP contribution in [0.3, 0.4) is 0 Å². The Kier molecular flexibility index (Phi) is 3.25. The summed E-state index contributed by atoms with van der Waals surface area (Å²) in [7, 11) is 0. The number of hydrogen-bond donors (Lipinski definition) is 2. The molecular formula is C13H8ClN3O2S. The molecule has 3 rings (SSSR count). The maximum atomic E-state index is 12.2. The molecule has 0 aliphatic carbocycles. The second kappa shape index (κ2) is 5.07. The Hall–Kier alpha value is -2.18. The smallest absolute Gasteiger partial charge is 0.263 e. The normalized spacial score (nSPS) is 10.7. The summed E-state index contributed by atoms with van der Waals surface area (Å²) < 4.78 is 0. The van der Waals surface area contributed by atoms with Crippen molar-refractivity contribution in [3.05, 3.63) is 51.2 Å². The lowest BCUT2D eigenvalue weighted by atomic mass is 10.1. The fraction of sp³-hybridized carbons (Fsp3) is 0. The zero-order chi connectivity index (χ0) is 14.1. The summed E-state index contributed by atoms with van der Waals surface area (Å²) in [5, 5.41) is 12.7. The SMILES string of the molecule is O=c1[nH]c(-c2nccs2)nc(O)c1-c1ccccc1Cl. The number of H-pyrrole nitrogens is 1. The van der Waals surface area contributed by atoms with Gasteiger partial charge < -0.3 is 10.1 Å². The zero-order valence-corrected chi connectivity index (χ0v) is 11.6. The van der Waals surface area contributed by atoms with Crippen molar-refractivity contribution < 1.29 is 5.11 Å². The van der Waals surface area contributed by atoms with Gasteiger partial charge >= 0.3 is 0 Å². The first kappa shape index (κ1) is 12.8. The van der Waals surface area contributed by atoms with E-state index in [4.69, 9.17) is 11.6 Å². The van der Waals surface area contributed by atoms with Crippen LogP contribution in [0.2, 0.25) is 5.02 Å². The van der Waals surface area contributed by atoms with E-state index in [1.807, 2.05) is 0 Å². The van der Waals surface area contributed by atoms with Gasteiger partial charge in [0.2, 0.25) is 5.88 Å². The van der Waals surface area contributed by atoms with Gasteiger partial charge in [0.05, 0.1) is 0 Å². The third kappa shape index (κ3) is 2.19. The molecule has 2 N–H and O–H groups in total. The molecule has 0 atom stereocenters. The molecule has 0 radical (unpaired) electrons. The summed E-state index contributed by atoms with van der Waals surface area (Å²) in [6.45, 7) is 0. The molecule has 2 heterocycles. The molecule has 0 aliphatic rings. The van der Waals surface area contributed by atoms with Crippen LogP contribution in [0.5, 0.6) is 5.88 Å². The average Bonchev–Trinajstić information content (AvgIpc) is 2.94. The van der Waals surface area contributed by atoms with Crippen molar-refractivity contribution in [2.45, 2.75) is 0 Å². The summed E-state index contributed by atoms with van der Waals surface area (Å²) in [5.74, 6) is -0.134. The molecule has 0 bridgehead atoms. The molecule has 7 heteroatoms. The van der Waals surface area contributed by atoms with Gasteiger partial charge in [0.15, 0.2) is 10.8 Å². The Morgan fingerprint density at radius 3 is 2.75 bits per heavy atom. The number of aromatic hydroxyl groups is 1. The second-order valence-electron chi connectivity index (χ2n) is 3.93. The largest absolute Gasteiger partial charge is 0.493 e. The first-order chi connectivity index (χ1) is 9.66. The lowest BCUT2D eigenvalue weighted by molar-refractivity contribution is 0.454. The van der Waals surface area contributed by atoms with Gasteiger partial charge in [-0.1, -0.05) is 29.8 Å². The highest BCUT2D eigenvalue weighted by molar-refractivity contribution is 7.13. The van der Waals surface area contributed by atoms with Gasteiger partial charge in [0.25, 0.3) is 5.56 Å². The lowest BCUT2D eigenvalue weighted by Gasteiger charge is -2.06. The van der Waals surface area contributed by atoms with E-state index in [0.717, 1.165) is 0 Å². The number of aromatic amines is 1. The Labute approximate surface area is 122 Å². The summed E-state index contributed by atoms with van der Waals surface area (Å²) in [6, 6.07) is 6.77. The highest BCUT2D eigenvalue weighted by Gasteiger charge is 2.16. The van der Waals surface area contributed by atoms with E-state index in [2.05, 4.69) is 15.0 Å². The molecule has 0 amide bonds. The van der Waals surface area contributed by atoms with E-state index in [0.29, 0.717) is 15.6 Å². The molecule has 5 nitrogen and oxygen atoms in total. The lowest BCUT2D eigenvalue weighted by Crippen LogP contribution is -2.12. The highest BCUT2D eigenvalue weighted by Crippen LogP contribution is 2.31. The van der Waals surface area contributed by atoms with Crippen molar-refractivity contribution in [3.8, 4) is 27.8 Å². The van der Waals surface area contributed by atoms with Crippen LogP contribution in [0.25, 0.3) is 22.0 Å². The number of aromatic nitrogens is 3. The van der Waals surface area contributed by atoms with Crippen LogP contribution in [-0.4, -0.2) is 20.1 Å². The van der Waals surface area contributed by atoms with Gasteiger partial charge in [-0.05, 0) is 6.07 Å². The van der Waals surface area contributed by atoms with Crippen molar-refractivity contribution in [3.63, 3.8) is 0 Å². The van der Waals surface area contributed by atoms with E-state index in [9.17, 15) is 9.90 Å². The number of nitrogens with zero attached hydrogens (tertiary/aromatic N) is 2. The summed E-state index contributed by atoms with van der Waals surface area (Å²) in [5.41, 5.74) is 0.0258. The molecule has 2 aromatic heterocycles. The number of nitrogens with one attached hydrogen (secondary N) is 1. The molecule has 20 heavy (non-hydrogen) atoms. The Morgan fingerprint density at radius 2 is 2.10 bits per heavy atom. The molecule has 0 fully saturated rings. The van der Waals surface area contributed by atoms with Crippen LogP contribution < -0.4 is 5.56 Å². The van der Waals surface area contributed by atoms with Crippen LogP contribution >= 0.6 is 22.9 Å². The Bertz CT molecular complexity index is 815. The number of thiazole rings is 1. The van der Waals surface area contributed by atoms with Gasteiger partial charge in [-0.15, -0.1) is 11.3 Å². The fourth-order valence-corrected chi connectivity index (χ4v) is 2.62. The summed E-state index contributed by atoms with van der Waals surface area (Å²) in [4.78, 5) is 22.8. The minimum atomic E-state index is -0.462. The second-order valence-corrected chi connectivity index (χ2v) is 5.23. The molecule has 0 aliphatic heterocycles. The molecular weight excluding hydrogens is 298 g/mol. The molecule has 0 spiro atoms. The number of benzene rings is 1. The van der Waals surface area contributed by atoms with Gasteiger partial charge in [-0.25, -0.2) is 4.98 Å². The van der Waals surface area contributed by atoms with Crippen LogP contribution in [0.1, 0.15) is 0 Å². The van der Waals surface area contributed by atoms with E-state index >= 15 is 0 Å². The number of hydrogen-bond acceptors (Lipinski definition) is 5. The van der Waals surface area contributed by atoms with E-state index < -0.39 is 5.56 Å². The van der Waals surface area contributed by atoms with Crippen LogP contribution in [0, 0.1) is 0 Å². The van der Waals surface area contributed by atoms with Gasteiger partial charge in [-0.3, -0.25) is 4.79 Å². The maximum Gasteiger partial charge on any atom is 0.263 e. The maximum absolute atomic E-state index is 12.2. The van der Waals surface area contributed by atoms with Crippen molar-refractivity contribution in [1.29, 1.82) is 0 Å². The van der Waals surface area contributed by atoms with Crippen molar-refractivity contribution >= 4 is 22.9 Å². The molecule has 0 saturated heterocycles. The third-order valence-corrected chi connectivity index (χ3v) is 3.79. The topological polar surface area (TPSA) is 78.9 Å². The van der Waals surface area contributed by atoms with Gasteiger partial charge in [0.1, 0.15) is 5.56 Å². The number of halogens is 1. The summed E-state index contributed by atoms with van der Waals surface area (Å²) in [6.07, 6.45) is 1.60. The van der Waals surface area contributed by atoms with E-state index in [-0.39, 0.29) is 17.3 Å². The fourth-order valence-electron chi connectivity index (χ4n) is 1.81. The minimum Gasteiger partial charge on any atom is -0.493 e.